The molecule has 0 bridgehead atoms. The fraction of sp³-hybridized carbons (Fsp3) is 0.357. The molecular formula is C28H32N2OS2. The number of thiophene rings is 1. The van der Waals surface area contributed by atoms with Crippen LogP contribution in [0.4, 0.5) is 5.69 Å². The van der Waals surface area contributed by atoms with E-state index in [0.29, 0.717) is 11.8 Å². The average Bonchev–Trinajstić information content (AvgIpc) is 3.35. The molecule has 3 aromatic rings. The summed E-state index contributed by atoms with van der Waals surface area (Å²) in [6, 6.07) is 18.5. The molecule has 4 rings (SSSR count). The Morgan fingerprint density at radius 3 is 2.55 bits per heavy atom. The van der Waals surface area contributed by atoms with Gasteiger partial charge in [-0.15, -0.1) is 11.3 Å². The van der Waals surface area contributed by atoms with Crippen molar-refractivity contribution in [3.05, 3.63) is 76.0 Å². The van der Waals surface area contributed by atoms with Crippen LogP contribution in [0, 0.1) is 12.8 Å². The third-order valence-corrected chi connectivity index (χ3v) is 8.01. The Morgan fingerprint density at radius 1 is 1.06 bits per heavy atom. The van der Waals surface area contributed by atoms with Gasteiger partial charge < -0.3 is 10.6 Å². The predicted octanol–water partition coefficient (Wildman–Crippen LogP) is 7.58. The Hall–Kier alpha value is -2.50. The fourth-order valence-corrected chi connectivity index (χ4v) is 5.94. The van der Waals surface area contributed by atoms with E-state index in [-0.39, 0.29) is 5.91 Å². The number of thiocarbonyl (C=S) groups is 1. The summed E-state index contributed by atoms with van der Waals surface area (Å²) in [5, 5.41) is 8.55. The molecule has 2 aromatic carbocycles. The van der Waals surface area contributed by atoms with Gasteiger partial charge in [0.25, 0.3) is 5.91 Å². The van der Waals surface area contributed by atoms with Crippen molar-refractivity contribution in [2.24, 2.45) is 5.92 Å². The molecule has 1 heterocycles. The van der Waals surface area contributed by atoms with Crippen LogP contribution in [0.3, 0.4) is 0 Å². The Morgan fingerprint density at radius 2 is 1.82 bits per heavy atom. The highest BCUT2D eigenvalue weighted by atomic mass is 32.1. The van der Waals surface area contributed by atoms with Crippen molar-refractivity contribution in [1.29, 1.82) is 0 Å². The van der Waals surface area contributed by atoms with E-state index in [9.17, 15) is 4.79 Å². The van der Waals surface area contributed by atoms with Crippen molar-refractivity contribution in [2.45, 2.75) is 51.9 Å². The van der Waals surface area contributed by atoms with E-state index < -0.39 is 0 Å². The van der Waals surface area contributed by atoms with Gasteiger partial charge in [-0.2, -0.15) is 0 Å². The molecule has 3 nitrogen and oxygen atoms in total. The number of amides is 1. The third-order valence-electron chi connectivity index (χ3n) is 6.44. The van der Waals surface area contributed by atoms with E-state index in [4.69, 9.17) is 12.2 Å². The molecular weight excluding hydrogens is 444 g/mol. The van der Waals surface area contributed by atoms with Crippen molar-refractivity contribution >= 4 is 40.1 Å². The molecule has 0 atom stereocenters. The van der Waals surface area contributed by atoms with E-state index >= 15 is 0 Å². The number of carbonyl (C=O) groups excluding carboxylic acids is 1. The minimum atomic E-state index is -0.0443. The van der Waals surface area contributed by atoms with Crippen molar-refractivity contribution in [3.8, 4) is 11.1 Å². The summed E-state index contributed by atoms with van der Waals surface area (Å²) in [5.74, 6) is 0.988. The number of anilines is 1. The second-order valence-electron chi connectivity index (χ2n) is 8.95. The van der Waals surface area contributed by atoms with E-state index in [2.05, 4.69) is 48.7 Å². The number of rotatable bonds is 7. The van der Waals surface area contributed by atoms with Gasteiger partial charge in [-0.1, -0.05) is 61.1 Å². The molecule has 1 aliphatic rings. The number of hydrogen-bond donors (Lipinski definition) is 2. The standard InChI is InChI=1S/C28H32N2OS2/c1-3-15-29-28(32)22-12-10-21(11-13-22)26-17-23(18-33-26)27(31)30-25-14-9-19(2)16-24(25)20-7-5-4-6-8-20/h4-9,14,16-18,21-22H,3,10-13,15H2,1-2H3,(H,29,32)(H,30,31). The topological polar surface area (TPSA) is 41.1 Å². The van der Waals surface area contributed by atoms with Gasteiger partial charge in [0.05, 0.1) is 10.6 Å². The lowest BCUT2D eigenvalue weighted by Crippen LogP contribution is -2.31. The lowest BCUT2D eigenvalue weighted by molar-refractivity contribution is 0.102. The zero-order valence-corrected chi connectivity index (χ0v) is 21.0. The summed E-state index contributed by atoms with van der Waals surface area (Å²) in [5.41, 5.74) is 4.91. The highest BCUT2D eigenvalue weighted by molar-refractivity contribution is 7.80. The summed E-state index contributed by atoms with van der Waals surface area (Å²) in [6.45, 7) is 5.21. The van der Waals surface area contributed by atoms with Crippen LogP contribution in [0.25, 0.3) is 11.1 Å². The Bertz CT molecular complexity index is 1100. The van der Waals surface area contributed by atoms with Crippen molar-refractivity contribution in [1.82, 2.24) is 5.32 Å². The second kappa shape index (κ2) is 11.1. The van der Waals surface area contributed by atoms with Gasteiger partial charge >= 0.3 is 0 Å². The van der Waals surface area contributed by atoms with Crippen molar-refractivity contribution in [3.63, 3.8) is 0 Å². The van der Waals surface area contributed by atoms with Gasteiger partial charge in [0.2, 0.25) is 0 Å². The summed E-state index contributed by atoms with van der Waals surface area (Å²) in [6.07, 6.45) is 5.63. The van der Waals surface area contributed by atoms with E-state index in [1.807, 2.05) is 35.7 Å². The second-order valence-corrected chi connectivity index (χ2v) is 10.3. The summed E-state index contributed by atoms with van der Waals surface area (Å²) in [4.78, 5) is 15.4. The third kappa shape index (κ3) is 5.90. The van der Waals surface area contributed by atoms with Gasteiger partial charge in [0.1, 0.15) is 0 Å². The van der Waals surface area contributed by atoms with Crippen LogP contribution in [0.2, 0.25) is 0 Å². The first-order chi connectivity index (χ1) is 16.0. The molecule has 1 saturated carbocycles. The fourth-order valence-electron chi connectivity index (χ4n) is 4.54. The largest absolute Gasteiger partial charge is 0.379 e. The summed E-state index contributed by atoms with van der Waals surface area (Å²) in [7, 11) is 0. The minimum Gasteiger partial charge on any atom is -0.379 e. The number of hydrogen-bond acceptors (Lipinski definition) is 3. The first kappa shape index (κ1) is 23.7. The first-order valence-corrected chi connectivity index (χ1v) is 13.2. The molecule has 0 unspecified atom stereocenters. The average molecular weight is 477 g/mol. The van der Waals surface area contributed by atoms with Gasteiger partial charge in [0.15, 0.2) is 0 Å². The van der Waals surface area contributed by atoms with Gasteiger partial charge in [0, 0.05) is 34.0 Å². The number of benzene rings is 2. The van der Waals surface area contributed by atoms with Gasteiger partial charge in [-0.3, -0.25) is 4.79 Å². The van der Waals surface area contributed by atoms with Crippen LogP contribution >= 0.6 is 23.6 Å². The minimum absolute atomic E-state index is 0.0443. The molecule has 0 aliphatic heterocycles. The van der Waals surface area contributed by atoms with Crippen LogP contribution < -0.4 is 10.6 Å². The zero-order valence-electron chi connectivity index (χ0n) is 19.4. The molecule has 33 heavy (non-hydrogen) atoms. The maximum Gasteiger partial charge on any atom is 0.256 e. The molecule has 0 saturated heterocycles. The smallest absolute Gasteiger partial charge is 0.256 e. The van der Waals surface area contributed by atoms with Crippen LogP contribution in [0.1, 0.15) is 65.7 Å². The lowest BCUT2D eigenvalue weighted by atomic mass is 9.81. The van der Waals surface area contributed by atoms with Crippen LogP contribution in [0.5, 0.6) is 0 Å². The van der Waals surface area contributed by atoms with Crippen molar-refractivity contribution < 1.29 is 4.79 Å². The summed E-state index contributed by atoms with van der Waals surface area (Å²) >= 11 is 7.30. The zero-order chi connectivity index (χ0) is 23.2. The molecule has 172 valence electrons. The SMILES string of the molecule is CCCNC(=S)C1CCC(c2cc(C(=O)Nc3ccc(C)cc3-c3ccccc3)cs2)CC1. The lowest BCUT2D eigenvalue weighted by Gasteiger charge is -2.28. The first-order valence-electron chi connectivity index (χ1n) is 11.9. The normalized spacial score (nSPS) is 18.0. The Labute approximate surface area is 206 Å². The molecule has 1 aromatic heterocycles. The van der Waals surface area contributed by atoms with Gasteiger partial charge in [-0.25, -0.2) is 0 Å². The molecule has 0 spiro atoms. The maximum absolute atomic E-state index is 13.1. The molecule has 1 aliphatic carbocycles. The predicted molar refractivity (Wildman–Crippen MR) is 144 cm³/mol. The monoisotopic (exact) mass is 476 g/mol. The molecule has 2 N–H and O–H groups in total. The van der Waals surface area contributed by atoms with Crippen LogP contribution in [-0.2, 0) is 0 Å². The molecule has 0 radical (unpaired) electrons. The Kier molecular flexibility index (Phi) is 7.94. The van der Waals surface area contributed by atoms with Crippen LogP contribution in [-0.4, -0.2) is 17.4 Å². The molecule has 1 fully saturated rings. The quantitative estimate of drug-likeness (QED) is 0.345. The van der Waals surface area contributed by atoms with E-state index in [1.165, 1.54) is 10.4 Å². The number of carbonyl (C=O) groups is 1. The molecule has 5 heteroatoms. The van der Waals surface area contributed by atoms with Gasteiger partial charge in [-0.05, 0) is 68.7 Å². The van der Waals surface area contributed by atoms with E-state index in [1.54, 1.807) is 11.3 Å². The molecule has 1 amide bonds. The van der Waals surface area contributed by atoms with Crippen molar-refractivity contribution in [2.75, 3.05) is 11.9 Å². The Balaban J connectivity index is 1.41. The number of aryl methyl sites for hydroxylation is 1. The van der Waals surface area contributed by atoms with Crippen LogP contribution in [0.15, 0.2) is 60.0 Å². The number of nitrogens with one attached hydrogen (secondary N) is 2. The summed E-state index contributed by atoms with van der Waals surface area (Å²) < 4.78 is 0. The van der Waals surface area contributed by atoms with E-state index in [0.717, 1.165) is 66.0 Å². The highest BCUT2D eigenvalue weighted by Gasteiger charge is 2.26. The highest BCUT2D eigenvalue weighted by Crippen LogP contribution is 2.39. The maximum atomic E-state index is 13.1.